The van der Waals surface area contributed by atoms with Gasteiger partial charge in [-0.15, -0.1) is 0 Å². The van der Waals surface area contributed by atoms with E-state index >= 15 is 0 Å². The SMILES string of the molecule is NC12CCC(c3ccccc3Br)(CC1)CC2. The highest BCUT2D eigenvalue weighted by Crippen LogP contribution is 2.53. The Hall–Kier alpha value is -0.340. The van der Waals surface area contributed by atoms with Crippen LogP contribution in [0.5, 0.6) is 0 Å². The largest absolute Gasteiger partial charge is 0.325 e. The second kappa shape index (κ2) is 3.58. The van der Waals surface area contributed by atoms with Crippen LogP contribution in [0.4, 0.5) is 0 Å². The van der Waals surface area contributed by atoms with Crippen molar-refractivity contribution in [3.8, 4) is 0 Å². The fourth-order valence-corrected chi connectivity index (χ4v) is 4.22. The average molecular weight is 280 g/mol. The summed E-state index contributed by atoms with van der Waals surface area (Å²) < 4.78 is 1.28. The lowest BCUT2D eigenvalue weighted by Crippen LogP contribution is -2.53. The molecule has 0 unspecified atom stereocenters. The van der Waals surface area contributed by atoms with Gasteiger partial charge in [-0.05, 0) is 55.6 Å². The normalized spacial score (nSPS) is 37.6. The van der Waals surface area contributed by atoms with Crippen molar-refractivity contribution < 1.29 is 0 Å². The molecule has 0 aromatic heterocycles. The molecule has 3 aliphatic rings. The Labute approximate surface area is 106 Å². The number of fused-ring (bicyclic) bond motifs is 3. The van der Waals surface area contributed by atoms with Gasteiger partial charge in [0.1, 0.15) is 0 Å². The third-order valence-electron chi connectivity index (χ3n) is 4.75. The fourth-order valence-electron chi connectivity index (χ4n) is 3.51. The molecule has 0 saturated heterocycles. The molecule has 2 heteroatoms. The van der Waals surface area contributed by atoms with Crippen molar-refractivity contribution in [1.82, 2.24) is 0 Å². The van der Waals surface area contributed by atoms with Crippen molar-refractivity contribution in [3.05, 3.63) is 34.3 Å². The summed E-state index contributed by atoms with van der Waals surface area (Å²) in [6.07, 6.45) is 7.42. The van der Waals surface area contributed by atoms with Crippen LogP contribution in [-0.2, 0) is 5.41 Å². The van der Waals surface area contributed by atoms with E-state index in [4.69, 9.17) is 5.73 Å². The van der Waals surface area contributed by atoms with Gasteiger partial charge in [-0.25, -0.2) is 0 Å². The minimum Gasteiger partial charge on any atom is -0.325 e. The van der Waals surface area contributed by atoms with Crippen LogP contribution in [0, 0.1) is 0 Å². The third kappa shape index (κ3) is 1.54. The van der Waals surface area contributed by atoms with Crippen LogP contribution < -0.4 is 5.73 Å². The summed E-state index contributed by atoms with van der Waals surface area (Å²) in [4.78, 5) is 0. The first-order chi connectivity index (χ1) is 7.64. The van der Waals surface area contributed by atoms with Crippen LogP contribution in [0.25, 0.3) is 0 Å². The van der Waals surface area contributed by atoms with Crippen molar-refractivity contribution in [2.45, 2.75) is 49.5 Å². The summed E-state index contributed by atoms with van der Waals surface area (Å²) in [5.74, 6) is 0. The van der Waals surface area contributed by atoms with Gasteiger partial charge in [0.05, 0.1) is 0 Å². The first-order valence-electron chi connectivity index (χ1n) is 6.18. The van der Waals surface area contributed by atoms with Gasteiger partial charge >= 0.3 is 0 Å². The predicted octanol–water partition coefficient (Wildman–Crippen LogP) is 3.75. The summed E-state index contributed by atoms with van der Waals surface area (Å²) in [5.41, 5.74) is 8.46. The Morgan fingerprint density at radius 2 is 1.50 bits per heavy atom. The average Bonchev–Trinajstić information content (AvgIpc) is 2.31. The van der Waals surface area contributed by atoms with E-state index in [1.54, 1.807) is 0 Å². The lowest BCUT2D eigenvalue weighted by atomic mass is 9.55. The van der Waals surface area contributed by atoms with Gasteiger partial charge in [0.25, 0.3) is 0 Å². The molecule has 0 radical (unpaired) electrons. The molecule has 1 nitrogen and oxygen atoms in total. The standard InChI is InChI=1S/C14H18BrN/c15-12-4-2-1-3-11(12)13-5-8-14(16,9-6-13)10-7-13/h1-4H,5-10,16H2. The summed E-state index contributed by atoms with van der Waals surface area (Å²) >= 11 is 3.71. The number of halogens is 1. The van der Waals surface area contributed by atoms with E-state index in [0.29, 0.717) is 5.41 Å². The van der Waals surface area contributed by atoms with Crippen LogP contribution >= 0.6 is 15.9 Å². The van der Waals surface area contributed by atoms with E-state index in [0.717, 1.165) is 0 Å². The Morgan fingerprint density at radius 3 is 2.06 bits per heavy atom. The van der Waals surface area contributed by atoms with E-state index < -0.39 is 0 Å². The van der Waals surface area contributed by atoms with Gasteiger partial charge in [0.15, 0.2) is 0 Å². The lowest BCUT2D eigenvalue weighted by molar-refractivity contribution is 0.107. The van der Waals surface area contributed by atoms with Gasteiger partial charge < -0.3 is 5.73 Å². The maximum absolute atomic E-state index is 6.36. The zero-order valence-corrected chi connectivity index (χ0v) is 11.1. The summed E-state index contributed by atoms with van der Waals surface area (Å²) in [6, 6.07) is 8.72. The Bertz CT molecular complexity index is 388. The van der Waals surface area contributed by atoms with E-state index in [2.05, 4.69) is 40.2 Å². The van der Waals surface area contributed by atoms with Gasteiger partial charge in [-0.1, -0.05) is 34.1 Å². The van der Waals surface area contributed by atoms with Crippen LogP contribution in [0.2, 0.25) is 0 Å². The highest BCUT2D eigenvalue weighted by Gasteiger charge is 2.47. The smallest absolute Gasteiger partial charge is 0.0212 e. The topological polar surface area (TPSA) is 26.0 Å². The molecule has 3 fully saturated rings. The molecule has 16 heavy (non-hydrogen) atoms. The van der Waals surface area contributed by atoms with Gasteiger partial charge in [-0.3, -0.25) is 0 Å². The molecule has 0 heterocycles. The quantitative estimate of drug-likeness (QED) is 0.833. The van der Waals surface area contributed by atoms with Crippen molar-refractivity contribution >= 4 is 15.9 Å². The van der Waals surface area contributed by atoms with E-state index in [1.165, 1.54) is 48.6 Å². The Balaban J connectivity index is 1.99. The first kappa shape index (κ1) is 10.8. The van der Waals surface area contributed by atoms with Crippen LogP contribution in [-0.4, -0.2) is 5.54 Å². The fraction of sp³-hybridized carbons (Fsp3) is 0.571. The minimum atomic E-state index is 0.170. The van der Waals surface area contributed by atoms with Gasteiger partial charge in [-0.2, -0.15) is 0 Å². The summed E-state index contributed by atoms with van der Waals surface area (Å²) in [5, 5.41) is 0. The highest BCUT2D eigenvalue weighted by molar-refractivity contribution is 9.10. The number of nitrogens with two attached hydrogens (primary N) is 1. The van der Waals surface area contributed by atoms with Crippen LogP contribution in [0.3, 0.4) is 0 Å². The molecule has 2 N–H and O–H groups in total. The van der Waals surface area contributed by atoms with E-state index in [-0.39, 0.29) is 5.54 Å². The zero-order chi connectivity index (χ0) is 11.2. The van der Waals surface area contributed by atoms with E-state index in [9.17, 15) is 0 Å². The highest BCUT2D eigenvalue weighted by atomic mass is 79.9. The predicted molar refractivity (Wildman–Crippen MR) is 70.4 cm³/mol. The third-order valence-corrected chi connectivity index (χ3v) is 5.44. The molecule has 3 saturated carbocycles. The molecule has 86 valence electrons. The molecule has 1 aromatic carbocycles. The second-order valence-electron chi connectivity index (χ2n) is 5.62. The Morgan fingerprint density at radius 1 is 0.938 bits per heavy atom. The minimum absolute atomic E-state index is 0.170. The molecule has 2 bridgehead atoms. The molecule has 0 spiro atoms. The molecule has 3 aliphatic carbocycles. The molecule has 0 atom stereocenters. The lowest BCUT2D eigenvalue weighted by Gasteiger charge is -2.52. The maximum atomic E-state index is 6.36. The molecular formula is C14H18BrN. The molecule has 0 amide bonds. The van der Waals surface area contributed by atoms with E-state index in [1.807, 2.05) is 0 Å². The molecule has 0 aliphatic heterocycles. The number of hydrogen-bond acceptors (Lipinski definition) is 1. The van der Waals surface area contributed by atoms with Crippen LogP contribution in [0.1, 0.15) is 44.1 Å². The molecular weight excluding hydrogens is 262 g/mol. The number of hydrogen-bond donors (Lipinski definition) is 1. The maximum Gasteiger partial charge on any atom is 0.0212 e. The van der Waals surface area contributed by atoms with Gasteiger partial charge in [0.2, 0.25) is 0 Å². The summed E-state index contributed by atoms with van der Waals surface area (Å²) in [6.45, 7) is 0. The van der Waals surface area contributed by atoms with Gasteiger partial charge in [0, 0.05) is 10.0 Å². The van der Waals surface area contributed by atoms with Crippen molar-refractivity contribution in [2.24, 2.45) is 5.73 Å². The zero-order valence-electron chi connectivity index (χ0n) is 9.51. The number of benzene rings is 1. The Kier molecular flexibility index (Phi) is 2.41. The monoisotopic (exact) mass is 279 g/mol. The van der Waals surface area contributed by atoms with Crippen molar-refractivity contribution in [3.63, 3.8) is 0 Å². The summed E-state index contributed by atoms with van der Waals surface area (Å²) in [7, 11) is 0. The second-order valence-corrected chi connectivity index (χ2v) is 6.48. The van der Waals surface area contributed by atoms with Crippen molar-refractivity contribution in [1.29, 1.82) is 0 Å². The first-order valence-corrected chi connectivity index (χ1v) is 6.97. The molecule has 1 aromatic rings. The van der Waals surface area contributed by atoms with Crippen LogP contribution in [0.15, 0.2) is 28.7 Å². The van der Waals surface area contributed by atoms with Crippen molar-refractivity contribution in [2.75, 3.05) is 0 Å². The number of rotatable bonds is 1. The molecule has 4 rings (SSSR count).